The van der Waals surface area contributed by atoms with Crippen LogP contribution in [0.15, 0.2) is 0 Å². The summed E-state index contributed by atoms with van der Waals surface area (Å²) in [4.78, 5) is 25.6. The van der Waals surface area contributed by atoms with E-state index < -0.39 is 12.0 Å². The van der Waals surface area contributed by atoms with Gasteiger partial charge in [-0.2, -0.15) is 0 Å². The van der Waals surface area contributed by atoms with E-state index in [-0.39, 0.29) is 24.0 Å². The van der Waals surface area contributed by atoms with Crippen LogP contribution in [0.1, 0.15) is 39.0 Å². The first-order chi connectivity index (χ1) is 9.06. The van der Waals surface area contributed by atoms with Gasteiger partial charge in [-0.25, -0.2) is 4.79 Å². The van der Waals surface area contributed by atoms with Crippen LogP contribution in [-0.4, -0.2) is 46.7 Å². The summed E-state index contributed by atoms with van der Waals surface area (Å²) in [5.41, 5.74) is 0. The minimum absolute atomic E-state index is 0.00602. The smallest absolute Gasteiger partial charge is 0.326 e. The molecular formula is C14H21NO4. The van der Waals surface area contributed by atoms with Crippen molar-refractivity contribution in [2.75, 3.05) is 6.54 Å². The molecule has 3 saturated heterocycles. The van der Waals surface area contributed by atoms with Crippen LogP contribution < -0.4 is 0 Å². The molecule has 5 nitrogen and oxygen atoms in total. The molecule has 19 heavy (non-hydrogen) atoms. The zero-order chi connectivity index (χ0) is 13.6. The number of hydrogen-bond acceptors (Lipinski definition) is 3. The first-order valence-electron chi connectivity index (χ1n) is 7.25. The van der Waals surface area contributed by atoms with Gasteiger partial charge in [0.15, 0.2) is 0 Å². The molecule has 3 aliphatic heterocycles. The Labute approximate surface area is 112 Å². The summed E-state index contributed by atoms with van der Waals surface area (Å²) in [5, 5.41) is 9.32. The highest BCUT2D eigenvalue weighted by atomic mass is 16.5. The van der Waals surface area contributed by atoms with E-state index in [9.17, 15) is 14.7 Å². The van der Waals surface area contributed by atoms with Crippen molar-refractivity contribution in [2.45, 2.75) is 57.3 Å². The zero-order valence-electron chi connectivity index (χ0n) is 11.2. The number of piperidine rings is 1. The van der Waals surface area contributed by atoms with E-state index in [0.29, 0.717) is 18.9 Å². The molecule has 0 saturated carbocycles. The Morgan fingerprint density at radius 2 is 2.00 bits per heavy atom. The van der Waals surface area contributed by atoms with Crippen molar-refractivity contribution < 1.29 is 19.4 Å². The van der Waals surface area contributed by atoms with Gasteiger partial charge in [0.1, 0.15) is 6.04 Å². The number of rotatable bonds is 2. The number of ether oxygens (including phenoxy) is 1. The highest BCUT2D eigenvalue weighted by molar-refractivity contribution is 5.86. The van der Waals surface area contributed by atoms with Crippen LogP contribution in [0.2, 0.25) is 0 Å². The van der Waals surface area contributed by atoms with Gasteiger partial charge in [0, 0.05) is 6.54 Å². The summed E-state index contributed by atoms with van der Waals surface area (Å²) in [6.45, 7) is 2.63. The largest absolute Gasteiger partial charge is 0.480 e. The van der Waals surface area contributed by atoms with Crippen LogP contribution in [0.25, 0.3) is 0 Å². The van der Waals surface area contributed by atoms with Gasteiger partial charge < -0.3 is 14.7 Å². The van der Waals surface area contributed by atoms with Crippen molar-refractivity contribution in [3.63, 3.8) is 0 Å². The zero-order valence-corrected chi connectivity index (χ0v) is 11.2. The molecule has 3 fully saturated rings. The SMILES string of the molecule is CC1CCN(C(=O)C2CC3CCC2O3)C(C(=O)O)C1. The topological polar surface area (TPSA) is 66.8 Å². The molecule has 5 atom stereocenters. The lowest BCUT2D eigenvalue weighted by molar-refractivity contribution is -0.155. The van der Waals surface area contributed by atoms with Gasteiger partial charge in [0.25, 0.3) is 0 Å². The number of carboxylic acid groups (broad SMARTS) is 1. The summed E-state index contributed by atoms with van der Waals surface area (Å²) in [7, 11) is 0. The van der Waals surface area contributed by atoms with E-state index in [2.05, 4.69) is 6.92 Å². The van der Waals surface area contributed by atoms with Gasteiger partial charge >= 0.3 is 5.97 Å². The van der Waals surface area contributed by atoms with Gasteiger partial charge in [-0.15, -0.1) is 0 Å². The summed E-state index contributed by atoms with van der Waals surface area (Å²) in [6, 6.07) is -0.643. The van der Waals surface area contributed by atoms with Gasteiger partial charge in [-0.3, -0.25) is 4.79 Å². The number of nitrogens with zero attached hydrogens (tertiary/aromatic N) is 1. The lowest BCUT2D eigenvalue weighted by atomic mass is 9.85. The molecule has 0 aromatic carbocycles. The molecule has 0 radical (unpaired) electrons. The number of carbonyl (C=O) groups is 2. The molecule has 5 unspecified atom stereocenters. The van der Waals surface area contributed by atoms with Crippen LogP contribution in [0, 0.1) is 11.8 Å². The molecule has 3 rings (SSSR count). The maximum atomic E-state index is 12.6. The Hall–Kier alpha value is -1.10. The number of hydrogen-bond donors (Lipinski definition) is 1. The van der Waals surface area contributed by atoms with E-state index in [4.69, 9.17) is 4.74 Å². The van der Waals surface area contributed by atoms with Gasteiger partial charge in [-0.05, 0) is 38.0 Å². The predicted molar refractivity (Wildman–Crippen MR) is 67.5 cm³/mol. The standard InChI is InChI=1S/C14H21NO4/c1-8-4-5-15(11(6-8)14(17)18)13(16)10-7-9-2-3-12(10)19-9/h8-12H,2-7H2,1H3,(H,17,18). The van der Waals surface area contributed by atoms with Crippen molar-refractivity contribution in [1.29, 1.82) is 0 Å². The van der Waals surface area contributed by atoms with Crippen LogP contribution in [-0.2, 0) is 14.3 Å². The van der Waals surface area contributed by atoms with Crippen molar-refractivity contribution >= 4 is 11.9 Å². The average molecular weight is 267 g/mol. The fourth-order valence-corrected chi connectivity index (χ4v) is 3.75. The molecule has 3 aliphatic rings. The third kappa shape index (κ3) is 2.24. The second-order valence-electron chi connectivity index (χ2n) is 6.23. The average Bonchev–Trinajstić information content (AvgIpc) is 3.00. The first kappa shape index (κ1) is 12.9. The van der Waals surface area contributed by atoms with Crippen molar-refractivity contribution in [3.05, 3.63) is 0 Å². The van der Waals surface area contributed by atoms with E-state index in [1.807, 2.05) is 0 Å². The van der Waals surface area contributed by atoms with Crippen molar-refractivity contribution in [1.82, 2.24) is 4.90 Å². The molecule has 0 aromatic heterocycles. The summed E-state index contributed by atoms with van der Waals surface area (Å²) in [5.74, 6) is -0.592. The second-order valence-corrected chi connectivity index (χ2v) is 6.23. The number of likely N-dealkylation sites (tertiary alicyclic amines) is 1. The van der Waals surface area contributed by atoms with Crippen LogP contribution in [0.3, 0.4) is 0 Å². The number of amides is 1. The fourth-order valence-electron chi connectivity index (χ4n) is 3.75. The monoisotopic (exact) mass is 267 g/mol. The summed E-state index contributed by atoms with van der Waals surface area (Å²) < 4.78 is 5.72. The molecule has 0 aliphatic carbocycles. The lowest BCUT2D eigenvalue weighted by Crippen LogP contribution is -2.52. The van der Waals surface area contributed by atoms with Gasteiger partial charge in [0.2, 0.25) is 5.91 Å². The van der Waals surface area contributed by atoms with E-state index >= 15 is 0 Å². The van der Waals surface area contributed by atoms with Gasteiger partial charge in [-0.1, -0.05) is 6.92 Å². The summed E-state index contributed by atoms with van der Waals surface area (Å²) >= 11 is 0. The van der Waals surface area contributed by atoms with E-state index in [1.54, 1.807) is 4.90 Å². The fraction of sp³-hybridized carbons (Fsp3) is 0.857. The normalized spacial score (nSPS) is 41.5. The molecule has 5 heteroatoms. The first-order valence-corrected chi connectivity index (χ1v) is 7.25. The molecule has 1 N–H and O–H groups in total. The van der Waals surface area contributed by atoms with E-state index in [0.717, 1.165) is 25.7 Å². The Kier molecular flexibility index (Phi) is 3.25. The lowest BCUT2D eigenvalue weighted by Gasteiger charge is -2.38. The van der Waals surface area contributed by atoms with Crippen molar-refractivity contribution in [3.8, 4) is 0 Å². The maximum absolute atomic E-state index is 12.6. The summed E-state index contributed by atoms with van der Waals surface area (Å²) in [6.07, 6.45) is 4.51. The molecule has 3 heterocycles. The second kappa shape index (κ2) is 4.78. The Bertz CT molecular complexity index is 397. The van der Waals surface area contributed by atoms with Crippen molar-refractivity contribution in [2.24, 2.45) is 11.8 Å². The maximum Gasteiger partial charge on any atom is 0.326 e. The third-order valence-corrected chi connectivity index (χ3v) is 4.86. The molecular weight excluding hydrogens is 246 g/mol. The minimum atomic E-state index is -0.871. The Balaban J connectivity index is 1.73. The highest BCUT2D eigenvalue weighted by Gasteiger charge is 2.47. The predicted octanol–water partition coefficient (Wildman–Crippen LogP) is 1.27. The number of carbonyl (C=O) groups excluding carboxylic acids is 1. The van der Waals surface area contributed by atoms with Gasteiger partial charge in [0.05, 0.1) is 18.1 Å². The Morgan fingerprint density at radius 1 is 1.21 bits per heavy atom. The highest BCUT2D eigenvalue weighted by Crippen LogP contribution is 2.40. The number of carboxylic acids is 1. The molecule has 106 valence electrons. The molecule has 0 aromatic rings. The number of aliphatic carboxylic acids is 1. The quantitative estimate of drug-likeness (QED) is 0.818. The third-order valence-electron chi connectivity index (χ3n) is 4.86. The minimum Gasteiger partial charge on any atom is -0.480 e. The number of fused-ring (bicyclic) bond motifs is 2. The Morgan fingerprint density at radius 3 is 2.58 bits per heavy atom. The van der Waals surface area contributed by atoms with Crippen LogP contribution in [0.5, 0.6) is 0 Å². The molecule has 2 bridgehead atoms. The van der Waals surface area contributed by atoms with Crippen LogP contribution in [0.4, 0.5) is 0 Å². The molecule has 1 amide bonds. The van der Waals surface area contributed by atoms with Crippen LogP contribution >= 0.6 is 0 Å². The molecule has 0 spiro atoms. The van der Waals surface area contributed by atoms with E-state index in [1.165, 1.54) is 0 Å².